The van der Waals surface area contributed by atoms with Gasteiger partial charge in [-0.15, -0.1) is 0 Å². The molecule has 36 heavy (non-hydrogen) atoms. The van der Waals surface area contributed by atoms with Crippen molar-refractivity contribution < 1.29 is 19.1 Å². The molecule has 0 heterocycles. The van der Waals surface area contributed by atoms with Crippen LogP contribution in [-0.2, 0) is 19.1 Å². The van der Waals surface area contributed by atoms with Crippen LogP contribution < -0.4 is 0 Å². The van der Waals surface area contributed by atoms with Crippen LogP contribution in [0.2, 0.25) is 0 Å². The first kappa shape index (κ1) is 31.2. The molecule has 0 radical (unpaired) electrons. The fourth-order valence-electron chi connectivity index (χ4n) is 6.45. The molecule has 0 bridgehead atoms. The van der Waals surface area contributed by atoms with E-state index in [0.29, 0.717) is 13.2 Å². The van der Waals surface area contributed by atoms with E-state index >= 15 is 0 Å². The Balaban J connectivity index is 2.02. The molecule has 210 valence electrons. The van der Waals surface area contributed by atoms with Gasteiger partial charge in [0.15, 0.2) is 0 Å². The van der Waals surface area contributed by atoms with Gasteiger partial charge in [0.05, 0.1) is 25.0 Å². The standard InChI is InChI=1S/C32H58O4/c1-25(2)17-9-7-15-23-35-31(33)29(27-19-11-5-12-20-27)30(28-21-13-6-14-22-28)32(34)36-24-16-8-10-18-26(3)4/h25-30H,5-24H2,1-4H3. The molecule has 0 aromatic rings. The van der Waals surface area contributed by atoms with Gasteiger partial charge < -0.3 is 9.47 Å². The molecule has 0 aliphatic heterocycles. The van der Waals surface area contributed by atoms with E-state index in [4.69, 9.17) is 9.47 Å². The van der Waals surface area contributed by atoms with Crippen LogP contribution in [0.4, 0.5) is 0 Å². The third-order valence-corrected chi connectivity index (χ3v) is 8.59. The molecule has 2 unspecified atom stereocenters. The Hall–Kier alpha value is -1.06. The summed E-state index contributed by atoms with van der Waals surface area (Å²) >= 11 is 0. The molecule has 0 N–H and O–H groups in total. The van der Waals surface area contributed by atoms with Crippen LogP contribution in [0, 0.1) is 35.5 Å². The summed E-state index contributed by atoms with van der Waals surface area (Å²) < 4.78 is 11.8. The van der Waals surface area contributed by atoms with E-state index in [1.807, 2.05) is 0 Å². The molecule has 0 spiro atoms. The molecule has 2 aliphatic carbocycles. The Labute approximate surface area is 223 Å². The lowest BCUT2D eigenvalue weighted by Gasteiger charge is -2.38. The maximum Gasteiger partial charge on any atom is 0.310 e. The maximum absolute atomic E-state index is 13.6. The molecular weight excluding hydrogens is 448 g/mol. The Morgan fingerprint density at radius 1 is 0.556 bits per heavy atom. The van der Waals surface area contributed by atoms with Crippen LogP contribution in [-0.4, -0.2) is 25.2 Å². The lowest BCUT2D eigenvalue weighted by atomic mass is 9.67. The lowest BCUT2D eigenvalue weighted by molar-refractivity contribution is -0.167. The fraction of sp³-hybridized carbons (Fsp3) is 0.938. The number of hydrogen-bond donors (Lipinski definition) is 0. The van der Waals surface area contributed by atoms with E-state index in [2.05, 4.69) is 27.7 Å². The summed E-state index contributed by atoms with van der Waals surface area (Å²) in [6.45, 7) is 10.00. The summed E-state index contributed by atoms with van der Waals surface area (Å²) in [5, 5.41) is 0. The Kier molecular flexibility index (Phi) is 15.8. The van der Waals surface area contributed by atoms with E-state index in [1.54, 1.807) is 0 Å². The zero-order valence-corrected chi connectivity index (χ0v) is 24.2. The second-order valence-electron chi connectivity index (χ2n) is 12.7. The van der Waals surface area contributed by atoms with E-state index in [-0.39, 0.29) is 35.6 Å². The molecule has 2 aliphatic rings. The van der Waals surface area contributed by atoms with Crippen LogP contribution in [0.1, 0.15) is 143 Å². The highest BCUT2D eigenvalue weighted by Crippen LogP contribution is 2.42. The first-order chi connectivity index (χ1) is 17.4. The predicted molar refractivity (Wildman–Crippen MR) is 149 cm³/mol. The van der Waals surface area contributed by atoms with E-state index < -0.39 is 0 Å². The minimum atomic E-state index is -0.322. The summed E-state index contributed by atoms with van der Waals surface area (Å²) in [7, 11) is 0. The van der Waals surface area contributed by atoms with Gasteiger partial charge in [0, 0.05) is 0 Å². The van der Waals surface area contributed by atoms with Gasteiger partial charge >= 0.3 is 11.9 Å². The zero-order valence-electron chi connectivity index (χ0n) is 24.2. The number of carbonyl (C=O) groups excluding carboxylic acids is 2. The summed E-state index contributed by atoms with van der Waals surface area (Å²) in [4.78, 5) is 27.2. The van der Waals surface area contributed by atoms with Gasteiger partial charge in [-0.1, -0.05) is 105 Å². The van der Waals surface area contributed by atoms with Gasteiger partial charge in [-0.3, -0.25) is 9.59 Å². The molecule has 0 aromatic carbocycles. The first-order valence-electron chi connectivity index (χ1n) is 15.7. The molecular formula is C32H58O4. The van der Waals surface area contributed by atoms with E-state index in [1.165, 1.54) is 38.5 Å². The van der Waals surface area contributed by atoms with Gasteiger partial charge in [-0.25, -0.2) is 0 Å². The van der Waals surface area contributed by atoms with Crippen molar-refractivity contribution in [1.82, 2.24) is 0 Å². The van der Waals surface area contributed by atoms with Gasteiger partial charge in [0.2, 0.25) is 0 Å². The van der Waals surface area contributed by atoms with E-state index in [0.717, 1.165) is 88.9 Å². The quantitative estimate of drug-likeness (QED) is 0.146. The molecule has 0 saturated heterocycles. The van der Waals surface area contributed by atoms with Crippen molar-refractivity contribution in [3.8, 4) is 0 Å². The number of carbonyl (C=O) groups is 2. The summed E-state index contributed by atoms with van der Waals surface area (Å²) in [5.74, 6) is 1.09. The van der Waals surface area contributed by atoms with Crippen LogP contribution >= 0.6 is 0 Å². The van der Waals surface area contributed by atoms with Crippen LogP contribution in [0.5, 0.6) is 0 Å². The Morgan fingerprint density at radius 2 is 0.917 bits per heavy atom. The van der Waals surface area contributed by atoms with Crippen molar-refractivity contribution in [3.63, 3.8) is 0 Å². The van der Waals surface area contributed by atoms with Crippen molar-refractivity contribution in [2.45, 2.75) is 143 Å². The second kappa shape index (κ2) is 18.2. The SMILES string of the molecule is CC(C)CCCCCOC(=O)C(C1CCCCC1)C(C(=O)OCCCCCC(C)C)C1CCCCC1. The number of ether oxygens (including phenoxy) is 2. The van der Waals surface area contributed by atoms with Crippen molar-refractivity contribution in [2.75, 3.05) is 13.2 Å². The number of unbranched alkanes of at least 4 members (excludes halogenated alkanes) is 4. The van der Waals surface area contributed by atoms with Gasteiger partial charge in [-0.2, -0.15) is 0 Å². The van der Waals surface area contributed by atoms with Crippen molar-refractivity contribution >= 4 is 11.9 Å². The highest BCUT2D eigenvalue weighted by molar-refractivity contribution is 5.82. The van der Waals surface area contributed by atoms with E-state index in [9.17, 15) is 9.59 Å². The largest absolute Gasteiger partial charge is 0.465 e. The van der Waals surface area contributed by atoms with Crippen LogP contribution in [0.15, 0.2) is 0 Å². The average Bonchev–Trinajstić information content (AvgIpc) is 2.87. The molecule has 0 amide bonds. The van der Waals surface area contributed by atoms with Crippen molar-refractivity contribution in [1.29, 1.82) is 0 Å². The second-order valence-corrected chi connectivity index (χ2v) is 12.7. The molecule has 2 saturated carbocycles. The van der Waals surface area contributed by atoms with Crippen molar-refractivity contribution in [2.24, 2.45) is 35.5 Å². The molecule has 2 fully saturated rings. The number of rotatable bonds is 17. The molecule has 4 heteroatoms. The monoisotopic (exact) mass is 506 g/mol. The number of esters is 2. The molecule has 2 rings (SSSR count). The smallest absolute Gasteiger partial charge is 0.310 e. The fourth-order valence-corrected chi connectivity index (χ4v) is 6.45. The third-order valence-electron chi connectivity index (χ3n) is 8.59. The average molecular weight is 507 g/mol. The molecule has 0 aromatic heterocycles. The normalized spacial score (nSPS) is 19.4. The number of hydrogen-bond acceptors (Lipinski definition) is 4. The van der Waals surface area contributed by atoms with Gasteiger partial charge in [0.1, 0.15) is 0 Å². The summed E-state index contributed by atoms with van der Waals surface area (Å²) in [5.41, 5.74) is 0. The van der Waals surface area contributed by atoms with Crippen LogP contribution in [0.25, 0.3) is 0 Å². The highest BCUT2D eigenvalue weighted by Gasteiger charge is 2.45. The summed E-state index contributed by atoms with van der Waals surface area (Å²) in [6.07, 6.45) is 20.2. The maximum atomic E-state index is 13.6. The van der Waals surface area contributed by atoms with Gasteiger partial charge in [-0.05, 0) is 62.2 Å². The lowest BCUT2D eigenvalue weighted by Crippen LogP contribution is -2.43. The topological polar surface area (TPSA) is 52.6 Å². The third kappa shape index (κ3) is 12.0. The molecule has 2 atom stereocenters. The van der Waals surface area contributed by atoms with Gasteiger partial charge in [0.25, 0.3) is 0 Å². The van der Waals surface area contributed by atoms with Crippen LogP contribution in [0.3, 0.4) is 0 Å². The first-order valence-corrected chi connectivity index (χ1v) is 15.7. The molecule has 4 nitrogen and oxygen atoms in total. The predicted octanol–water partition coefficient (Wildman–Crippen LogP) is 8.90. The summed E-state index contributed by atoms with van der Waals surface area (Å²) in [6, 6.07) is 0. The minimum Gasteiger partial charge on any atom is -0.465 e. The Morgan fingerprint density at radius 3 is 1.25 bits per heavy atom. The minimum absolute atomic E-state index is 0.116. The Bertz CT molecular complexity index is 535. The zero-order chi connectivity index (χ0) is 26.2. The van der Waals surface area contributed by atoms with Crippen molar-refractivity contribution in [3.05, 3.63) is 0 Å². The highest BCUT2D eigenvalue weighted by atomic mass is 16.5.